The summed E-state index contributed by atoms with van der Waals surface area (Å²) >= 11 is 0. The topological polar surface area (TPSA) is 282 Å². The van der Waals surface area contributed by atoms with Gasteiger partial charge in [0.05, 0.1) is 26.1 Å². The molecule has 0 aromatic heterocycles. The number of nitrogens with zero attached hydrogens (tertiary/aromatic N) is 1. The first kappa shape index (κ1) is 35.3. The summed E-state index contributed by atoms with van der Waals surface area (Å²) in [4.78, 5) is 19.9. The van der Waals surface area contributed by atoms with E-state index in [9.17, 15) is 62.2 Å². The second-order valence-electron chi connectivity index (χ2n) is 10.2. The summed E-state index contributed by atoms with van der Waals surface area (Å²) in [5.74, 6) is -0.946. The third kappa shape index (κ3) is 7.40. The Balaban J connectivity index is 1.94. The molecule has 5 N–H and O–H groups in total. The average molecular weight is 730 g/mol. The van der Waals surface area contributed by atoms with Crippen LogP contribution in [0.2, 0.25) is 0 Å². The highest BCUT2D eigenvalue weighted by Gasteiger charge is 2.28. The third-order valence-corrected chi connectivity index (χ3v) is 10.7. The van der Waals surface area contributed by atoms with Gasteiger partial charge in [0.15, 0.2) is 0 Å². The van der Waals surface area contributed by atoms with Crippen LogP contribution in [0.3, 0.4) is 0 Å². The maximum absolute atomic E-state index is 13.8. The van der Waals surface area contributed by atoms with Crippen molar-refractivity contribution in [3.05, 3.63) is 87.0 Å². The summed E-state index contributed by atoms with van der Waals surface area (Å²) in [6, 6.07) is 7.84. The van der Waals surface area contributed by atoms with Gasteiger partial charge in [-0.3, -0.25) is 33.3 Å². The predicted molar refractivity (Wildman–Crippen MR) is 166 cm³/mol. The molecule has 17 nitrogen and oxygen atoms in total. The van der Waals surface area contributed by atoms with E-state index in [2.05, 4.69) is 5.32 Å². The summed E-state index contributed by atoms with van der Waals surface area (Å²) in [6.45, 7) is 4.49. The van der Waals surface area contributed by atoms with Crippen molar-refractivity contribution >= 4 is 74.1 Å². The monoisotopic (exact) mass is 729 g/mol. The summed E-state index contributed by atoms with van der Waals surface area (Å²) < 4.78 is 131. The quantitative estimate of drug-likeness (QED) is 0.0937. The molecular formula is C26H23N3O14S4. The molecule has 0 aliphatic heterocycles. The molecule has 21 heteroatoms. The molecule has 4 rings (SSSR count). The Hall–Kier alpha value is -4.51. The average Bonchev–Trinajstić information content (AvgIpc) is 2.90. The number of carbonyl (C=O) groups is 1. The van der Waals surface area contributed by atoms with Crippen molar-refractivity contribution < 1.29 is 57.0 Å². The molecule has 0 unspecified atom stereocenters. The van der Waals surface area contributed by atoms with E-state index < -0.39 is 87.2 Å². The van der Waals surface area contributed by atoms with E-state index in [4.69, 9.17) is 0 Å². The first-order valence-electron chi connectivity index (χ1n) is 12.6. The van der Waals surface area contributed by atoms with Crippen LogP contribution >= 0.6 is 0 Å². The lowest BCUT2D eigenvalue weighted by atomic mass is 10.0. The lowest BCUT2D eigenvalue weighted by molar-refractivity contribution is -0.385. The first-order chi connectivity index (χ1) is 21.4. The van der Waals surface area contributed by atoms with Crippen molar-refractivity contribution in [1.29, 1.82) is 0 Å². The molecule has 0 saturated heterocycles. The number of hydrogen-bond donors (Lipinski definition) is 5. The van der Waals surface area contributed by atoms with Crippen LogP contribution in [0, 0.1) is 30.9 Å². The Morgan fingerprint density at radius 2 is 1.28 bits per heavy atom. The highest BCUT2D eigenvalue weighted by Crippen LogP contribution is 2.37. The number of hydrogen-bond acceptors (Lipinski definition) is 11. The van der Waals surface area contributed by atoms with Crippen LogP contribution in [0.4, 0.5) is 17.1 Å². The zero-order chi connectivity index (χ0) is 35.4. The van der Waals surface area contributed by atoms with Gasteiger partial charge in [0.1, 0.15) is 9.79 Å². The molecule has 4 aromatic carbocycles. The summed E-state index contributed by atoms with van der Waals surface area (Å²) in [5, 5.41) is 12.4. The minimum atomic E-state index is -5.41. The van der Waals surface area contributed by atoms with Crippen LogP contribution in [0.5, 0.6) is 0 Å². The zero-order valence-electron chi connectivity index (χ0n) is 24.1. The van der Waals surface area contributed by atoms with Gasteiger partial charge in [-0.2, -0.15) is 25.3 Å². The number of sulfonamides is 1. The van der Waals surface area contributed by atoms with Crippen molar-refractivity contribution in [3.63, 3.8) is 0 Å². The molecule has 47 heavy (non-hydrogen) atoms. The van der Waals surface area contributed by atoms with Crippen LogP contribution in [-0.2, 0) is 40.4 Å². The van der Waals surface area contributed by atoms with E-state index >= 15 is 0 Å². The Morgan fingerprint density at radius 1 is 0.702 bits per heavy atom. The van der Waals surface area contributed by atoms with E-state index in [0.29, 0.717) is 35.4 Å². The van der Waals surface area contributed by atoms with Crippen molar-refractivity contribution in [2.75, 3.05) is 10.0 Å². The summed E-state index contributed by atoms with van der Waals surface area (Å²) in [6.07, 6.45) is 0. The molecule has 0 saturated carbocycles. The number of rotatable bonds is 9. The second-order valence-corrected chi connectivity index (χ2v) is 16.1. The highest BCUT2D eigenvalue weighted by molar-refractivity contribution is 7.93. The van der Waals surface area contributed by atoms with E-state index in [1.807, 2.05) is 4.72 Å². The van der Waals surface area contributed by atoms with E-state index in [1.54, 1.807) is 0 Å². The number of fused-ring (bicyclic) bond motifs is 1. The van der Waals surface area contributed by atoms with Crippen LogP contribution < -0.4 is 10.0 Å². The number of nitro groups is 1. The Kier molecular flexibility index (Phi) is 8.98. The molecule has 0 heterocycles. The lowest BCUT2D eigenvalue weighted by Crippen LogP contribution is -2.20. The molecule has 0 aliphatic carbocycles. The molecule has 1 amide bonds. The fourth-order valence-electron chi connectivity index (χ4n) is 4.65. The number of aryl methyl sites for hydroxylation is 3. The van der Waals surface area contributed by atoms with E-state index in [1.165, 1.54) is 39.0 Å². The minimum absolute atomic E-state index is 0.167. The molecule has 0 fully saturated rings. The van der Waals surface area contributed by atoms with Gasteiger partial charge in [0, 0.05) is 22.6 Å². The number of benzene rings is 4. The van der Waals surface area contributed by atoms with Gasteiger partial charge in [-0.15, -0.1) is 0 Å². The number of amides is 1. The van der Waals surface area contributed by atoms with Crippen LogP contribution in [0.25, 0.3) is 10.8 Å². The van der Waals surface area contributed by atoms with Crippen LogP contribution in [0.1, 0.15) is 27.0 Å². The van der Waals surface area contributed by atoms with Gasteiger partial charge in [-0.05, 0) is 79.7 Å². The van der Waals surface area contributed by atoms with E-state index in [-0.39, 0.29) is 22.5 Å². The van der Waals surface area contributed by atoms with Gasteiger partial charge in [0.2, 0.25) is 0 Å². The molecule has 0 atom stereocenters. The fraction of sp³-hybridized carbons (Fsp3) is 0.115. The third-order valence-electron chi connectivity index (χ3n) is 6.73. The molecule has 0 radical (unpaired) electrons. The number of carbonyl (C=O) groups excluding carboxylic acids is 1. The largest absolute Gasteiger partial charge is 0.321 e. The number of anilines is 2. The molecule has 4 aromatic rings. The van der Waals surface area contributed by atoms with Crippen molar-refractivity contribution in [3.8, 4) is 0 Å². The Morgan fingerprint density at radius 3 is 1.81 bits per heavy atom. The van der Waals surface area contributed by atoms with Crippen LogP contribution in [-0.4, -0.2) is 58.2 Å². The first-order valence-corrected chi connectivity index (χ1v) is 18.5. The molecule has 0 spiro atoms. The fourth-order valence-corrected chi connectivity index (χ4v) is 7.78. The second kappa shape index (κ2) is 11.9. The van der Waals surface area contributed by atoms with Crippen molar-refractivity contribution in [2.24, 2.45) is 0 Å². The van der Waals surface area contributed by atoms with Crippen molar-refractivity contribution in [1.82, 2.24) is 0 Å². The summed E-state index contributed by atoms with van der Waals surface area (Å²) in [7, 11) is -20.7. The molecule has 250 valence electrons. The normalized spacial score (nSPS) is 12.6. The zero-order valence-corrected chi connectivity index (χ0v) is 27.4. The smallest absolute Gasteiger partial charge is 0.295 e. The maximum Gasteiger partial charge on any atom is 0.295 e. The Labute approximate surface area is 267 Å². The Bertz CT molecular complexity index is 2470. The van der Waals surface area contributed by atoms with Gasteiger partial charge in [-0.1, -0.05) is 6.07 Å². The predicted octanol–water partition coefficient (Wildman–Crippen LogP) is 3.47. The van der Waals surface area contributed by atoms with Crippen molar-refractivity contribution in [2.45, 2.75) is 40.4 Å². The SMILES string of the molecule is Cc1ccc(S(=O)(=O)Nc2cc(S(=O)(=O)O)cc3cc(S(=O)(=O)O)cc(S(=O)(=O)O)c23)c(NC(=O)c2cc([N+](=O)[O-])c(C)cc2C)c1. The van der Waals surface area contributed by atoms with Gasteiger partial charge in [-0.25, -0.2) is 8.42 Å². The number of nitrogens with one attached hydrogen (secondary N) is 2. The minimum Gasteiger partial charge on any atom is -0.321 e. The van der Waals surface area contributed by atoms with Gasteiger partial charge in [0.25, 0.3) is 52.0 Å². The molecule has 0 bridgehead atoms. The van der Waals surface area contributed by atoms with Gasteiger partial charge < -0.3 is 5.32 Å². The maximum atomic E-state index is 13.8. The molecule has 0 aliphatic rings. The lowest BCUT2D eigenvalue weighted by Gasteiger charge is -2.18. The van der Waals surface area contributed by atoms with E-state index in [0.717, 1.165) is 12.1 Å². The highest BCUT2D eigenvalue weighted by atomic mass is 32.2. The molecular weight excluding hydrogens is 707 g/mol. The van der Waals surface area contributed by atoms with Gasteiger partial charge >= 0.3 is 0 Å². The number of nitro benzene ring substituents is 1. The standard InChI is InChI=1S/C26H23N3O14S4/c1-13-4-5-23(20(6-13)27-26(30)19-12-22(29(31)32)15(3)7-14(19)2)44(33,34)28-21-10-17(45(35,36)37)8-16-9-18(46(38,39)40)11-24(25(16)21)47(41,42)43/h4-12,28H,1-3H3,(H,27,30)(H,35,36,37)(H,38,39,40)(H,41,42,43). The summed E-state index contributed by atoms with van der Waals surface area (Å²) in [5.41, 5.74) is -0.806. The van der Waals surface area contributed by atoms with Crippen LogP contribution in [0.15, 0.2) is 74.2 Å².